The highest BCUT2D eigenvalue weighted by Crippen LogP contribution is 2.18. The van der Waals surface area contributed by atoms with Gasteiger partial charge in [0.05, 0.1) is 19.1 Å². The molecule has 1 saturated heterocycles. The molecule has 0 spiro atoms. The molecule has 1 aromatic rings. The Kier molecular flexibility index (Phi) is 4.33. The van der Waals surface area contributed by atoms with E-state index in [0.717, 1.165) is 12.5 Å². The molecule has 3 rings (SSSR count). The molecule has 1 aromatic heterocycles. The highest BCUT2D eigenvalue weighted by molar-refractivity contribution is 5.82. The Labute approximate surface area is 141 Å². The van der Waals surface area contributed by atoms with E-state index in [2.05, 4.69) is 25.3 Å². The van der Waals surface area contributed by atoms with Crippen LogP contribution in [0.25, 0.3) is 0 Å². The van der Waals surface area contributed by atoms with Gasteiger partial charge in [0.15, 0.2) is 11.8 Å². The third-order valence-corrected chi connectivity index (χ3v) is 3.83. The number of aromatic nitrogens is 2. The number of carbonyl (C=O) groups excluding carboxylic acids is 1. The van der Waals surface area contributed by atoms with Gasteiger partial charge in [-0.05, 0) is 20.8 Å². The van der Waals surface area contributed by atoms with Crippen molar-refractivity contribution < 1.29 is 14.1 Å². The molecule has 1 atom stereocenters. The third-order valence-electron chi connectivity index (χ3n) is 3.83. The summed E-state index contributed by atoms with van der Waals surface area (Å²) >= 11 is 0. The molecule has 3 heterocycles. The summed E-state index contributed by atoms with van der Waals surface area (Å²) in [5.41, 5.74) is -0.476. The fourth-order valence-electron chi connectivity index (χ4n) is 2.79. The van der Waals surface area contributed by atoms with E-state index in [1.165, 1.54) is 0 Å². The second kappa shape index (κ2) is 6.29. The minimum atomic E-state index is -0.476. The number of amides is 1. The van der Waals surface area contributed by atoms with Gasteiger partial charge in [-0.2, -0.15) is 4.98 Å². The molecule has 24 heavy (non-hydrogen) atoms. The number of nitrogens with one attached hydrogen (secondary N) is 1. The summed E-state index contributed by atoms with van der Waals surface area (Å²) in [6.07, 6.45) is -0.258. The summed E-state index contributed by atoms with van der Waals surface area (Å²) in [6.45, 7) is 10.5. The Morgan fingerprint density at radius 2 is 2.21 bits per heavy atom. The van der Waals surface area contributed by atoms with Crippen molar-refractivity contribution in [1.82, 2.24) is 25.3 Å². The lowest BCUT2D eigenvalue weighted by Gasteiger charge is -2.39. The zero-order chi connectivity index (χ0) is 17.3. The number of rotatable bonds is 2. The zero-order valence-corrected chi connectivity index (χ0v) is 14.6. The van der Waals surface area contributed by atoms with Crippen LogP contribution in [0.1, 0.15) is 32.5 Å². The van der Waals surface area contributed by atoms with Crippen LogP contribution >= 0.6 is 0 Å². The molecule has 2 aliphatic rings. The van der Waals surface area contributed by atoms with Gasteiger partial charge in [-0.1, -0.05) is 5.16 Å². The Morgan fingerprint density at radius 3 is 2.88 bits per heavy atom. The molecule has 0 saturated carbocycles. The van der Waals surface area contributed by atoms with Gasteiger partial charge < -0.3 is 24.4 Å². The SMILES string of the molecule is Cc1nc(CNC2=NCC3CN(C(=O)OC(C)(C)C)CCN23)no1. The number of hydrogen-bond acceptors (Lipinski definition) is 8. The van der Waals surface area contributed by atoms with Crippen LogP contribution < -0.4 is 5.32 Å². The largest absolute Gasteiger partial charge is 0.444 e. The number of piperazine rings is 1. The summed E-state index contributed by atoms with van der Waals surface area (Å²) in [5.74, 6) is 1.97. The van der Waals surface area contributed by atoms with Crippen molar-refractivity contribution in [3.05, 3.63) is 11.7 Å². The van der Waals surface area contributed by atoms with E-state index >= 15 is 0 Å². The van der Waals surface area contributed by atoms with Crippen molar-refractivity contribution in [2.45, 2.75) is 45.9 Å². The molecule has 1 unspecified atom stereocenters. The van der Waals surface area contributed by atoms with Crippen molar-refractivity contribution in [1.29, 1.82) is 0 Å². The predicted octanol–water partition coefficient (Wildman–Crippen LogP) is 0.759. The van der Waals surface area contributed by atoms with Gasteiger partial charge in [-0.15, -0.1) is 0 Å². The molecular weight excluding hydrogens is 312 g/mol. The van der Waals surface area contributed by atoms with Gasteiger partial charge in [0.2, 0.25) is 5.89 Å². The fraction of sp³-hybridized carbons (Fsp3) is 0.733. The van der Waals surface area contributed by atoms with Crippen LogP contribution in [-0.4, -0.2) is 69.8 Å². The maximum atomic E-state index is 12.2. The van der Waals surface area contributed by atoms with Crippen molar-refractivity contribution >= 4 is 12.1 Å². The number of aliphatic imine (C=N–C) groups is 1. The van der Waals surface area contributed by atoms with Crippen LogP contribution in [0, 0.1) is 6.92 Å². The monoisotopic (exact) mass is 336 g/mol. The zero-order valence-electron chi connectivity index (χ0n) is 14.6. The minimum absolute atomic E-state index is 0.181. The van der Waals surface area contributed by atoms with E-state index < -0.39 is 5.60 Å². The van der Waals surface area contributed by atoms with E-state index in [4.69, 9.17) is 9.26 Å². The van der Waals surface area contributed by atoms with Crippen LogP contribution in [0.5, 0.6) is 0 Å². The first-order chi connectivity index (χ1) is 11.3. The van der Waals surface area contributed by atoms with Crippen molar-refractivity contribution in [3.63, 3.8) is 0 Å². The second-order valence-corrected chi connectivity index (χ2v) is 7.02. The molecule has 9 heteroatoms. The van der Waals surface area contributed by atoms with Crippen LogP contribution in [0.15, 0.2) is 9.52 Å². The maximum absolute atomic E-state index is 12.2. The number of hydrogen-bond donors (Lipinski definition) is 1. The molecular formula is C15H24N6O3. The first-order valence-corrected chi connectivity index (χ1v) is 8.14. The first-order valence-electron chi connectivity index (χ1n) is 8.14. The van der Waals surface area contributed by atoms with Crippen molar-refractivity contribution in [2.75, 3.05) is 26.2 Å². The molecule has 9 nitrogen and oxygen atoms in total. The molecule has 1 amide bonds. The topological polar surface area (TPSA) is 96.1 Å². The van der Waals surface area contributed by atoms with Crippen LogP contribution in [0.2, 0.25) is 0 Å². The fourth-order valence-corrected chi connectivity index (χ4v) is 2.79. The molecule has 2 aliphatic heterocycles. The molecule has 0 radical (unpaired) electrons. The molecule has 0 aromatic carbocycles. The summed E-state index contributed by atoms with van der Waals surface area (Å²) in [4.78, 5) is 24.8. The van der Waals surface area contributed by atoms with Crippen LogP contribution in [-0.2, 0) is 11.3 Å². The molecule has 0 bridgehead atoms. The van der Waals surface area contributed by atoms with Gasteiger partial charge in [-0.25, -0.2) is 4.79 Å². The van der Waals surface area contributed by atoms with Crippen molar-refractivity contribution in [3.8, 4) is 0 Å². The van der Waals surface area contributed by atoms with E-state index in [-0.39, 0.29) is 12.1 Å². The molecule has 0 aliphatic carbocycles. The number of ether oxygens (including phenoxy) is 1. The maximum Gasteiger partial charge on any atom is 0.410 e. The van der Waals surface area contributed by atoms with E-state index in [1.807, 2.05) is 20.8 Å². The number of fused-ring (bicyclic) bond motifs is 1. The lowest BCUT2D eigenvalue weighted by Crippen LogP contribution is -2.57. The number of guanidine groups is 1. The van der Waals surface area contributed by atoms with Crippen LogP contribution in [0.3, 0.4) is 0 Å². The highest BCUT2D eigenvalue weighted by Gasteiger charge is 2.36. The smallest absolute Gasteiger partial charge is 0.410 e. The van der Waals surface area contributed by atoms with Crippen molar-refractivity contribution in [2.24, 2.45) is 4.99 Å². The van der Waals surface area contributed by atoms with Gasteiger partial charge in [0.1, 0.15) is 5.60 Å². The lowest BCUT2D eigenvalue weighted by molar-refractivity contribution is 0.0137. The Bertz CT molecular complexity index is 635. The Balaban J connectivity index is 1.52. The van der Waals surface area contributed by atoms with Crippen LogP contribution in [0.4, 0.5) is 4.79 Å². The summed E-state index contributed by atoms with van der Waals surface area (Å²) in [5, 5.41) is 7.11. The number of carbonyl (C=O) groups is 1. The summed E-state index contributed by atoms with van der Waals surface area (Å²) in [6, 6.07) is 0.181. The Morgan fingerprint density at radius 1 is 1.42 bits per heavy atom. The number of nitrogens with zero attached hydrogens (tertiary/aromatic N) is 5. The summed E-state index contributed by atoms with van der Waals surface area (Å²) in [7, 11) is 0. The summed E-state index contributed by atoms with van der Waals surface area (Å²) < 4.78 is 10.4. The average molecular weight is 336 g/mol. The quantitative estimate of drug-likeness (QED) is 0.851. The minimum Gasteiger partial charge on any atom is -0.444 e. The highest BCUT2D eigenvalue weighted by atomic mass is 16.6. The third kappa shape index (κ3) is 3.77. The first kappa shape index (κ1) is 16.5. The van der Waals surface area contributed by atoms with Gasteiger partial charge in [-0.3, -0.25) is 4.99 Å². The molecule has 132 valence electrons. The van der Waals surface area contributed by atoms with E-state index in [9.17, 15) is 4.79 Å². The van der Waals surface area contributed by atoms with E-state index in [1.54, 1.807) is 11.8 Å². The molecule has 1 fully saturated rings. The lowest BCUT2D eigenvalue weighted by atomic mass is 10.2. The average Bonchev–Trinajstić information content (AvgIpc) is 3.08. The van der Waals surface area contributed by atoms with Gasteiger partial charge in [0, 0.05) is 26.6 Å². The standard InChI is InChI=1S/C15H24N6O3/c1-10-18-12(19-24-10)8-17-13-16-7-11-9-20(5-6-21(11)13)14(22)23-15(2,3)4/h11H,5-9H2,1-4H3,(H,16,17). The number of aryl methyl sites for hydroxylation is 1. The second-order valence-electron chi connectivity index (χ2n) is 7.02. The van der Waals surface area contributed by atoms with Gasteiger partial charge >= 0.3 is 6.09 Å². The predicted molar refractivity (Wildman–Crippen MR) is 86.5 cm³/mol. The molecule has 1 N–H and O–H groups in total. The Hall–Kier alpha value is -2.32. The van der Waals surface area contributed by atoms with E-state index in [0.29, 0.717) is 37.9 Å². The van der Waals surface area contributed by atoms with Gasteiger partial charge in [0.25, 0.3) is 0 Å². The normalized spacial score (nSPS) is 20.7.